The predicted molar refractivity (Wildman–Crippen MR) is 40.5 cm³/mol. The number of aliphatic hydroxyl groups excluding tert-OH is 1. The van der Waals surface area contributed by atoms with Crippen molar-refractivity contribution >= 4 is 9.05 Å². The van der Waals surface area contributed by atoms with Crippen LogP contribution in [-0.4, -0.2) is 32.5 Å². The van der Waals surface area contributed by atoms with Gasteiger partial charge in [0.15, 0.2) is 0 Å². The van der Waals surface area contributed by atoms with Gasteiger partial charge in [0.1, 0.15) is 0 Å². The van der Waals surface area contributed by atoms with Gasteiger partial charge in [-0.1, -0.05) is 0 Å². The summed E-state index contributed by atoms with van der Waals surface area (Å²) in [5.41, 5.74) is 0. The number of aliphatic hydroxyl groups is 1. The molecule has 0 atom stereocenters. The first-order chi connectivity index (χ1) is 6.21. The van der Waals surface area contributed by atoms with Gasteiger partial charge in [0, 0.05) is 13.2 Å². The van der Waals surface area contributed by atoms with Crippen molar-refractivity contribution in [2.45, 2.75) is 13.8 Å². The van der Waals surface area contributed by atoms with Gasteiger partial charge >= 0.3 is 26.2 Å². The fraction of sp³-hybridized carbons (Fsp3) is 1.00. The normalized spacial score (nSPS) is 8.40. The van der Waals surface area contributed by atoms with E-state index in [-0.39, 0.29) is 39.4 Å². The molecule has 0 heterocycles. The Morgan fingerprint density at radius 3 is 1.47 bits per heavy atom. The van der Waals surface area contributed by atoms with Gasteiger partial charge in [0.2, 0.25) is 0 Å². The molecule has 0 aromatic rings. The molecule has 0 aromatic carbocycles. The summed E-state index contributed by atoms with van der Waals surface area (Å²) >= 11 is 0. The van der Waals surface area contributed by atoms with Crippen LogP contribution < -0.4 is 14.4 Å². The van der Waals surface area contributed by atoms with E-state index in [4.69, 9.17) is 20.4 Å². The third kappa shape index (κ3) is 123. The first kappa shape index (κ1) is 24.4. The van der Waals surface area contributed by atoms with Gasteiger partial charge in [-0.25, -0.2) is 0 Å². The second kappa shape index (κ2) is 16.5. The van der Waals surface area contributed by atoms with E-state index in [2.05, 4.69) is 4.43 Å². The number of rotatable bonds is 2. The van der Waals surface area contributed by atoms with Gasteiger partial charge in [-0.2, -0.15) is 0 Å². The van der Waals surface area contributed by atoms with E-state index in [1.807, 2.05) is 0 Å². The SMILES string of the molecule is CCO.CCO[Si]([O-])([O-])[O-].O=[N+]([O-])[O-].[Zr+4]. The molecule has 0 aliphatic heterocycles. The molecule has 0 rings (SSSR count). The Morgan fingerprint density at radius 2 is 1.47 bits per heavy atom. The molecule has 0 bridgehead atoms. The van der Waals surface area contributed by atoms with Crippen molar-refractivity contribution in [3.8, 4) is 0 Å². The quantitative estimate of drug-likeness (QED) is 0.308. The van der Waals surface area contributed by atoms with E-state index in [1.54, 1.807) is 6.92 Å². The van der Waals surface area contributed by atoms with Crippen LogP contribution >= 0.6 is 0 Å². The minimum absolute atomic E-state index is 0. The molecule has 0 saturated carbocycles. The summed E-state index contributed by atoms with van der Waals surface area (Å²) in [6, 6.07) is 0. The van der Waals surface area contributed by atoms with Gasteiger partial charge in [-0.05, 0) is 13.8 Å². The molecule has 1 N–H and O–H groups in total. The van der Waals surface area contributed by atoms with Crippen LogP contribution in [0.4, 0.5) is 0 Å². The van der Waals surface area contributed by atoms with E-state index < -0.39 is 14.1 Å². The van der Waals surface area contributed by atoms with Crippen LogP contribution in [0.25, 0.3) is 0 Å². The van der Waals surface area contributed by atoms with E-state index in [9.17, 15) is 14.4 Å². The predicted octanol–water partition coefficient (Wildman–Crippen LogP) is -3.70. The van der Waals surface area contributed by atoms with Crippen molar-refractivity contribution in [2.24, 2.45) is 0 Å². The maximum atomic E-state index is 9.51. The first-order valence-electron chi connectivity index (χ1n) is 3.38. The van der Waals surface area contributed by atoms with Crippen LogP contribution in [0.3, 0.4) is 0 Å². The van der Waals surface area contributed by atoms with Gasteiger partial charge in [0.05, 0.1) is 5.09 Å². The summed E-state index contributed by atoms with van der Waals surface area (Å²) in [6.07, 6.45) is 0. The van der Waals surface area contributed by atoms with Crippen molar-refractivity contribution < 1.29 is 55.2 Å². The Bertz CT molecular complexity index is 126. The Labute approximate surface area is 107 Å². The van der Waals surface area contributed by atoms with Gasteiger partial charge in [-0.15, -0.1) is 9.05 Å². The fourth-order valence-corrected chi connectivity index (χ4v) is 0.530. The maximum absolute atomic E-state index is 9.51. The second-order valence-electron chi connectivity index (χ2n) is 1.47. The third-order valence-electron chi connectivity index (χ3n) is 0.321. The molecule has 0 aliphatic rings. The molecule has 0 unspecified atom stereocenters. The zero-order valence-corrected chi connectivity index (χ0v) is 11.6. The van der Waals surface area contributed by atoms with Crippen LogP contribution in [-0.2, 0) is 30.6 Å². The molecule has 15 heavy (non-hydrogen) atoms. The zero-order chi connectivity index (χ0) is 12.2. The topological polar surface area (TPSA) is 165 Å². The first-order valence-corrected chi connectivity index (χ1v) is 5.02. The minimum Gasteiger partial charge on any atom is -0.861 e. The average molecular weight is 320 g/mol. The molecule has 0 aromatic heterocycles. The third-order valence-corrected chi connectivity index (χ3v) is 0.963. The van der Waals surface area contributed by atoms with Crippen molar-refractivity contribution in [2.75, 3.05) is 13.2 Å². The van der Waals surface area contributed by atoms with Crippen LogP contribution in [0.5, 0.6) is 0 Å². The smallest absolute Gasteiger partial charge is 0.861 e. The van der Waals surface area contributed by atoms with Crippen molar-refractivity contribution in [3.05, 3.63) is 15.3 Å². The Hall–Kier alpha value is 0.1000. The molecule has 0 aliphatic carbocycles. The molecule has 0 amide bonds. The zero-order valence-electron chi connectivity index (χ0n) is 8.17. The number of hydrogen-bond donors (Lipinski definition) is 1. The molecule has 9 nitrogen and oxygen atoms in total. The van der Waals surface area contributed by atoms with Crippen molar-refractivity contribution in [3.63, 3.8) is 0 Å². The molecule has 0 fully saturated rings. The molecule has 88 valence electrons. The summed E-state index contributed by atoms with van der Waals surface area (Å²) < 4.78 is 3.70. The van der Waals surface area contributed by atoms with E-state index in [1.165, 1.54) is 6.92 Å². The summed E-state index contributed by atoms with van der Waals surface area (Å²) in [5, 5.41) is 22.3. The Morgan fingerprint density at radius 1 is 1.27 bits per heavy atom. The van der Waals surface area contributed by atoms with Crippen LogP contribution in [0.2, 0.25) is 0 Å². The molecular formula is C4H11NO8SiZr. The molecule has 0 saturated heterocycles. The monoisotopic (exact) mass is 319 g/mol. The van der Waals surface area contributed by atoms with Gasteiger partial charge in [0.25, 0.3) is 0 Å². The second-order valence-corrected chi connectivity index (χ2v) is 2.76. The van der Waals surface area contributed by atoms with Gasteiger partial charge in [-0.3, -0.25) is 0 Å². The number of hydrogen-bond acceptors (Lipinski definition) is 8. The van der Waals surface area contributed by atoms with E-state index >= 15 is 0 Å². The van der Waals surface area contributed by atoms with Crippen LogP contribution in [0, 0.1) is 15.3 Å². The van der Waals surface area contributed by atoms with E-state index in [0.29, 0.717) is 0 Å². The Balaban J connectivity index is -0.0000000654. The number of nitrogens with zero attached hydrogens (tertiary/aromatic N) is 1. The fourth-order valence-electron chi connectivity index (χ4n) is 0.177. The maximum Gasteiger partial charge on any atom is 4.00 e. The summed E-state index contributed by atoms with van der Waals surface area (Å²) in [4.78, 5) is 36.8. The molecule has 11 heteroatoms. The summed E-state index contributed by atoms with van der Waals surface area (Å²) in [7, 11) is -4.91. The average Bonchev–Trinajstić information content (AvgIpc) is 1.83. The van der Waals surface area contributed by atoms with Crippen LogP contribution in [0.15, 0.2) is 0 Å². The van der Waals surface area contributed by atoms with Crippen molar-refractivity contribution in [1.82, 2.24) is 0 Å². The standard InChI is InChI=1S/C2H5O4Si.C2H6O.NO3.Zr/c1-2-6-7(3,4)5;1-2-3;2-1(3)4;/h2H2,1H3;3H,2H2,1H3;;/q-3;;-1;+4. The molecule has 0 spiro atoms. The van der Waals surface area contributed by atoms with Gasteiger partial charge < -0.3 is 39.2 Å². The largest absolute Gasteiger partial charge is 4.00 e. The minimum atomic E-state index is -4.91. The molecular weight excluding hydrogens is 309 g/mol. The molecule has 0 radical (unpaired) electrons. The summed E-state index contributed by atoms with van der Waals surface area (Å²) in [5.74, 6) is 0. The summed E-state index contributed by atoms with van der Waals surface area (Å²) in [6.45, 7) is 3.30. The Kier molecular flexibility index (Phi) is 26.8. The van der Waals surface area contributed by atoms with Crippen molar-refractivity contribution in [1.29, 1.82) is 0 Å². The van der Waals surface area contributed by atoms with Crippen LogP contribution in [0.1, 0.15) is 13.8 Å². The van der Waals surface area contributed by atoms with E-state index in [0.717, 1.165) is 0 Å².